The summed E-state index contributed by atoms with van der Waals surface area (Å²) in [4.78, 5) is 11.4. The molecule has 4 N–H and O–H groups in total. The third kappa shape index (κ3) is 2.78. The van der Waals surface area contributed by atoms with Crippen molar-refractivity contribution in [1.82, 2.24) is 5.16 Å². The predicted octanol–water partition coefficient (Wildman–Crippen LogP) is 1.39. The molecule has 9 nitrogen and oxygen atoms in total. The van der Waals surface area contributed by atoms with E-state index >= 15 is 0 Å². The van der Waals surface area contributed by atoms with Gasteiger partial charge in [0.25, 0.3) is 5.54 Å². The minimum atomic E-state index is -4.22. The summed E-state index contributed by atoms with van der Waals surface area (Å²) >= 11 is 0. The molecule has 1 aromatic heterocycles. The number of allylic oxidation sites excluding steroid dienone is 2. The second-order valence-electron chi connectivity index (χ2n) is 6.99. The molecule has 0 amide bonds. The lowest BCUT2D eigenvalue weighted by Gasteiger charge is -2.36. The molecule has 1 saturated carbocycles. The van der Waals surface area contributed by atoms with E-state index in [1.165, 1.54) is 12.2 Å². The van der Waals surface area contributed by atoms with Crippen LogP contribution in [0.5, 0.6) is 0 Å². The first-order chi connectivity index (χ1) is 12.1. The fourth-order valence-corrected chi connectivity index (χ4v) is 5.06. The number of nitro groups is 1. The maximum atomic E-state index is 12.2. The van der Waals surface area contributed by atoms with E-state index in [1.54, 1.807) is 13.8 Å². The van der Waals surface area contributed by atoms with Crippen LogP contribution in [0.2, 0.25) is 0 Å². The molecule has 0 saturated heterocycles. The SMILES string of the molecule is Cc1noc(C)c1C1=CC(C2CCCC2)([N+](=O)[O-])C(N)C(S(N)(=O)=O)=C1. The van der Waals surface area contributed by atoms with Gasteiger partial charge in [-0.25, -0.2) is 13.6 Å². The van der Waals surface area contributed by atoms with E-state index in [9.17, 15) is 18.5 Å². The van der Waals surface area contributed by atoms with Gasteiger partial charge < -0.3 is 10.3 Å². The lowest BCUT2D eigenvalue weighted by Crippen LogP contribution is -2.60. The Balaban J connectivity index is 2.30. The average Bonchev–Trinajstić information content (AvgIpc) is 3.17. The zero-order valence-corrected chi connectivity index (χ0v) is 15.5. The highest BCUT2D eigenvalue weighted by molar-refractivity contribution is 7.93. The van der Waals surface area contributed by atoms with Gasteiger partial charge in [0.05, 0.1) is 10.6 Å². The van der Waals surface area contributed by atoms with E-state index in [0.717, 1.165) is 12.8 Å². The van der Waals surface area contributed by atoms with Crippen molar-refractivity contribution in [3.8, 4) is 0 Å². The molecule has 2 aliphatic rings. The number of nitrogens with zero attached hydrogens (tertiary/aromatic N) is 2. The molecular formula is C16H22N4O5S. The minimum Gasteiger partial charge on any atom is -0.361 e. The third-order valence-electron chi connectivity index (χ3n) is 5.47. The van der Waals surface area contributed by atoms with Gasteiger partial charge in [-0.1, -0.05) is 18.0 Å². The van der Waals surface area contributed by atoms with Crippen molar-refractivity contribution in [3.63, 3.8) is 0 Å². The van der Waals surface area contributed by atoms with E-state index in [-0.39, 0.29) is 10.8 Å². The summed E-state index contributed by atoms with van der Waals surface area (Å²) in [6, 6.07) is -1.35. The predicted molar refractivity (Wildman–Crippen MR) is 94.8 cm³/mol. The maximum absolute atomic E-state index is 12.2. The van der Waals surface area contributed by atoms with Gasteiger partial charge in [0.1, 0.15) is 11.8 Å². The van der Waals surface area contributed by atoms with Crippen LogP contribution in [0, 0.1) is 29.9 Å². The van der Waals surface area contributed by atoms with Crippen LogP contribution in [0.15, 0.2) is 21.6 Å². The summed E-state index contributed by atoms with van der Waals surface area (Å²) in [5.74, 6) is 0.0753. The van der Waals surface area contributed by atoms with Crippen LogP contribution >= 0.6 is 0 Å². The fourth-order valence-electron chi connectivity index (χ4n) is 4.23. The quantitative estimate of drug-likeness (QED) is 0.588. The molecule has 26 heavy (non-hydrogen) atoms. The molecule has 0 bridgehead atoms. The summed E-state index contributed by atoms with van der Waals surface area (Å²) in [7, 11) is -4.22. The zero-order valence-electron chi connectivity index (χ0n) is 14.6. The number of hydrogen-bond donors (Lipinski definition) is 2. The van der Waals surface area contributed by atoms with Gasteiger partial charge >= 0.3 is 0 Å². The Labute approximate surface area is 151 Å². The monoisotopic (exact) mass is 382 g/mol. The molecule has 2 unspecified atom stereocenters. The van der Waals surface area contributed by atoms with Gasteiger partial charge in [0.2, 0.25) is 10.0 Å². The average molecular weight is 382 g/mol. The number of aromatic nitrogens is 1. The van der Waals surface area contributed by atoms with Gasteiger partial charge in [-0.3, -0.25) is 10.1 Å². The maximum Gasteiger partial charge on any atom is 0.263 e. The summed E-state index contributed by atoms with van der Waals surface area (Å²) < 4.78 is 29.4. The van der Waals surface area contributed by atoms with Crippen LogP contribution in [-0.4, -0.2) is 30.1 Å². The van der Waals surface area contributed by atoms with Crippen LogP contribution in [-0.2, 0) is 10.0 Å². The Bertz CT molecular complexity index is 892. The molecule has 0 radical (unpaired) electrons. The first-order valence-corrected chi connectivity index (χ1v) is 9.94. The molecule has 142 valence electrons. The Morgan fingerprint density at radius 3 is 2.42 bits per heavy atom. The van der Waals surface area contributed by atoms with E-state index in [4.69, 9.17) is 15.4 Å². The van der Waals surface area contributed by atoms with Crippen molar-refractivity contribution in [2.45, 2.75) is 51.1 Å². The van der Waals surface area contributed by atoms with Crippen LogP contribution < -0.4 is 10.9 Å². The Morgan fingerprint density at radius 1 is 1.35 bits per heavy atom. The van der Waals surface area contributed by atoms with Gasteiger partial charge in [-0.15, -0.1) is 0 Å². The second-order valence-corrected chi connectivity index (χ2v) is 8.56. The van der Waals surface area contributed by atoms with E-state index in [2.05, 4.69) is 5.16 Å². The topological polar surface area (TPSA) is 155 Å². The van der Waals surface area contributed by atoms with E-state index < -0.39 is 26.5 Å². The molecule has 0 spiro atoms. The van der Waals surface area contributed by atoms with Gasteiger partial charge in [-0.2, -0.15) is 0 Å². The first-order valence-electron chi connectivity index (χ1n) is 8.39. The first kappa shape index (κ1) is 18.7. The van der Waals surface area contributed by atoms with Gasteiger partial charge in [0, 0.05) is 22.5 Å². The molecule has 3 rings (SSSR count). The standard InChI is InChI=1S/C16H22N4O5S/c1-9-14(10(2)25-19-9)11-7-13(26(18,23)24)15(17)16(8-11,20(21)22)12-5-3-4-6-12/h7-8,12,15H,3-6,17H2,1-2H3,(H2,18,23,24). The van der Waals surface area contributed by atoms with Crippen molar-refractivity contribution >= 4 is 15.6 Å². The number of hydrogen-bond acceptors (Lipinski definition) is 7. The van der Waals surface area contributed by atoms with Gasteiger partial charge in [0.15, 0.2) is 0 Å². The highest BCUT2D eigenvalue weighted by Gasteiger charge is 2.58. The highest BCUT2D eigenvalue weighted by atomic mass is 32.2. The van der Waals surface area contributed by atoms with Crippen LogP contribution in [0.1, 0.15) is 42.7 Å². The number of primary sulfonamides is 1. The molecule has 1 aromatic rings. The highest BCUT2D eigenvalue weighted by Crippen LogP contribution is 2.45. The molecule has 1 heterocycles. The molecule has 0 aromatic carbocycles. The Morgan fingerprint density at radius 2 is 1.96 bits per heavy atom. The smallest absolute Gasteiger partial charge is 0.263 e. The van der Waals surface area contributed by atoms with Crippen LogP contribution in [0.3, 0.4) is 0 Å². The number of sulfonamides is 1. The third-order valence-corrected chi connectivity index (χ3v) is 6.49. The number of aryl methyl sites for hydroxylation is 2. The molecule has 0 aliphatic heterocycles. The summed E-state index contributed by atoms with van der Waals surface area (Å²) in [5, 5.41) is 21.4. The van der Waals surface area contributed by atoms with Crippen LogP contribution in [0.25, 0.3) is 5.57 Å². The van der Waals surface area contributed by atoms with Crippen molar-refractivity contribution in [2.24, 2.45) is 16.8 Å². The van der Waals surface area contributed by atoms with E-state index in [1.807, 2.05) is 0 Å². The lowest BCUT2D eigenvalue weighted by atomic mass is 9.72. The minimum absolute atomic E-state index is 0.335. The lowest BCUT2D eigenvalue weighted by molar-refractivity contribution is -0.567. The fraction of sp³-hybridized carbons (Fsp3) is 0.562. The molecule has 1 fully saturated rings. The van der Waals surface area contributed by atoms with E-state index in [0.29, 0.717) is 35.4 Å². The largest absolute Gasteiger partial charge is 0.361 e. The molecule has 10 heteroatoms. The number of rotatable bonds is 4. The number of nitrogens with two attached hydrogens (primary N) is 2. The molecule has 2 atom stereocenters. The Hall–Kier alpha value is -2.04. The summed E-state index contributed by atoms with van der Waals surface area (Å²) in [6.45, 7) is 3.35. The molecule has 2 aliphatic carbocycles. The summed E-state index contributed by atoms with van der Waals surface area (Å²) in [5.41, 5.74) is 5.83. The van der Waals surface area contributed by atoms with Crippen LogP contribution in [0.4, 0.5) is 0 Å². The van der Waals surface area contributed by atoms with Crippen molar-refractivity contribution < 1.29 is 17.9 Å². The second kappa shape index (κ2) is 6.29. The van der Waals surface area contributed by atoms with Crippen molar-refractivity contribution in [2.75, 3.05) is 0 Å². The summed E-state index contributed by atoms with van der Waals surface area (Å²) in [6.07, 6.45) is 5.69. The Kier molecular flexibility index (Phi) is 4.53. The van der Waals surface area contributed by atoms with Crippen molar-refractivity contribution in [3.05, 3.63) is 44.2 Å². The van der Waals surface area contributed by atoms with Gasteiger partial charge in [-0.05, 0) is 38.3 Å². The molecular weight excluding hydrogens is 360 g/mol. The normalized spacial score (nSPS) is 27.3. The zero-order chi connectivity index (χ0) is 19.3. The van der Waals surface area contributed by atoms with Crippen molar-refractivity contribution in [1.29, 1.82) is 0 Å².